The highest BCUT2D eigenvalue weighted by molar-refractivity contribution is 6.47. The van der Waals surface area contributed by atoms with Crippen molar-refractivity contribution in [3.05, 3.63) is 84.1 Å². The number of aromatic nitrogens is 1. The van der Waals surface area contributed by atoms with Crippen LogP contribution in [0.1, 0.15) is 80.6 Å². The van der Waals surface area contributed by atoms with Crippen molar-refractivity contribution in [2.45, 2.75) is 70.4 Å². The summed E-state index contributed by atoms with van der Waals surface area (Å²) < 4.78 is 5.22. The number of pyridine rings is 1. The molecule has 2 aromatic heterocycles. The minimum Gasteiger partial charge on any atom is -0.461 e. The first-order chi connectivity index (χ1) is 17.3. The first-order valence-corrected chi connectivity index (χ1v) is 12.5. The number of furan rings is 1. The molecule has 1 unspecified atom stereocenters. The van der Waals surface area contributed by atoms with E-state index in [0.29, 0.717) is 11.3 Å². The molecule has 1 saturated carbocycles. The van der Waals surface area contributed by atoms with E-state index in [2.05, 4.69) is 31.1 Å². The van der Waals surface area contributed by atoms with E-state index in [1.165, 1.54) is 17.2 Å². The van der Waals surface area contributed by atoms with E-state index in [9.17, 15) is 14.4 Å². The van der Waals surface area contributed by atoms with Gasteiger partial charge in [-0.3, -0.25) is 24.3 Å². The van der Waals surface area contributed by atoms with Gasteiger partial charge in [0.2, 0.25) is 5.91 Å². The Labute approximate surface area is 211 Å². The van der Waals surface area contributed by atoms with Crippen LogP contribution in [0.5, 0.6) is 0 Å². The van der Waals surface area contributed by atoms with E-state index in [4.69, 9.17) is 4.42 Å². The number of amides is 2. The molecule has 0 spiro atoms. The number of carbonyl (C=O) groups excluding carboxylic acids is 3. The average Bonchev–Trinajstić information content (AvgIpc) is 3.42. The first kappa shape index (κ1) is 25.4. The number of Topliss-reactive ketones (excluding diaryl/α,β-unsaturated/α-hetero) is 1. The maximum Gasteiger partial charge on any atom is 0.303 e. The van der Waals surface area contributed by atoms with Crippen LogP contribution in [0, 0.1) is 0 Å². The van der Waals surface area contributed by atoms with Crippen LogP contribution < -0.4 is 10.2 Å². The zero-order valence-electron chi connectivity index (χ0n) is 21.1. The number of benzene rings is 1. The molecule has 2 amide bonds. The Bertz CT molecular complexity index is 1180. The number of rotatable bonds is 7. The zero-order chi connectivity index (χ0) is 25.7. The molecule has 1 N–H and O–H groups in total. The molecular formula is C29H33N3O4. The number of hydrogen-bond acceptors (Lipinski definition) is 5. The smallest absolute Gasteiger partial charge is 0.303 e. The second-order valence-corrected chi connectivity index (χ2v) is 10.3. The van der Waals surface area contributed by atoms with Gasteiger partial charge in [-0.1, -0.05) is 58.2 Å². The van der Waals surface area contributed by atoms with Crippen molar-refractivity contribution < 1.29 is 18.8 Å². The quantitative estimate of drug-likeness (QED) is 0.357. The summed E-state index contributed by atoms with van der Waals surface area (Å²) in [6, 6.07) is 12.8. The van der Waals surface area contributed by atoms with Gasteiger partial charge in [-0.2, -0.15) is 0 Å². The summed E-state index contributed by atoms with van der Waals surface area (Å²) in [6.07, 6.45) is 9.56. The number of anilines is 1. The fourth-order valence-corrected chi connectivity index (χ4v) is 4.61. The highest BCUT2D eigenvalue weighted by Crippen LogP contribution is 2.32. The molecule has 0 aliphatic heterocycles. The van der Waals surface area contributed by atoms with Gasteiger partial charge in [-0.25, -0.2) is 0 Å². The average molecular weight is 488 g/mol. The maximum absolute atomic E-state index is 13.8. The molecule has 1 fully saturated rings. The van der Waals surface area contributed by atoms with Crippen LogP contribution in [0.2, 0.25) is 0 Å². The summed E-state index contributed by atoms with van der Waals surface area (Å²) in [7, 11) is 0. The van der Waals surface area contributed by atoms with Gasteiger partial charge in [0.15, 0.2) is 5.76 Å². The van der Waals surface area contributed by atoms with Gasteiger partial charge in [0.25, 0.3) is 5.78 Å². The molecule has 188 valence electrons. The standard InChI is InChI=1S/C29H33N3O4/c1-29(2,3)21-13-15-23(16-14-21)32(28(35)26(33)24-12-8-18-36-24)25(20-9-7-17-30-19-20)27(34)31-22-10-5-4-6-11-22/h7-9,12-19,22,25H,4-6,10-11H2,1-3H3,(H,31,34). The summed E-state index contributed by atoms with van der Waals surface area (Å²) in [5.41, 5.74) is 1.94. The highest BCUT2D eigenvalue weighted by Gasteiger charge is 2.38. The van der Waals surface area contributed by atoms with Crippen molar-refractivity contribution in [2.75, 3.05) is 4.90 Å². The van der Waals surface area contributed by atoms with Crippen LogP contribution in [0.4, 0.5) is 5.69 Å². The number of hydrogen-bond donors (Lipinski definition) is 1. The van der Waals surface area contributed by atoms with Gasteiger partial charge < -0.3 is 9.73 Å². The van der Waals surface area contributed by atoms with Gasteiger partial charge >= 0.3 is 5.91 Å². The topological polar surface area (TPSA) is 92.5 Å². The van der Waals surface area contributed by atoms with Gasteiger partial charge in [0.1, 0.15) is 6.04 Å². The first-order valence-electron chi connectivity index (χ1n) is 12.5. The third-order valence-corrected chi connectivity index (χ3v) is 6.63. The Morgan fingerprint density at radius 1 is 1.00 bits per heavy atom. The molecule has 2 heterocycles. The van der Waals surface area contributed by atoms with Crippen LogP contribution >= 0.6 is 0 Å². The molecule has 7 nitrogen and oxygen atoms in total. The van der Waals surface area contributed by atoms with Crippen LogP contribution in [0.15, 0.2) is 71.6 Å². The van der Waals surface area contributed by atoms with Gasteiger partial charge in [0.05, 0.1) is 6.26 Å². The molecule has 1 aromatic carbocycles. The Balaban J connectivity index is 1.78. The fraction of sp³-hybridized carbons (Fsp3) is 0.379. The third kappa shape index (κ3) is 5.73. The molecule has 0 bridgehead atoms. The van der Waals surface area contributed by atoms with E-state index in [0.717, 1.165) is 37.7 Å². The van der Waals surface area contributed by atoms with Crippen molar-refractivity contribution >= 4 is 23.3 Å². The van der Waals surface area contributed by atoms with Crippen molar-refractivity contribution in [3.8, 4) is 0 Å². The zero-order valence-corrected chi connectivity index (χ0v) is 21.1. The van der Waals surface area contributed by atoms with Crippen molar-refractivity contribution in [1.82, 2.24) is 10.3 Å². The molecule has 0 radical (unpaired) electrons. The van der Waals surface area contributed by atoms with Gasteiger partial charge in [0, 0.05) is 29.7 Å². The summed E-state index contributed by atoms with van der Waals surface area (Å²) >= 11 is 0. The lowest BCUT2D eigenvalue weighted by Crippen LogP contribution is -2.49. The lowest BCUT2D eigenvalue weighted by atomic mass is 9.87. The SMILES string of the molecule is CC(C)(C)c1ccc(N(C(=O)C(=O)c2ccco2)C(C(=O)NC2CCCCC2)c2cccnc2)cc1. The summed E-state index contributed by atoms with van der Waals surface area (Å²) in [5.74, 6) is -2.08. The Hall–Kier alpha value is -3.74. The Morgan fingerprint density at radius 2 is 1.72 bits per heavy atom. The molecular weight excluding hydrogens is 454 g/mol. The van der Waals surface area contributed by atoms with Crippen LogP contribution in [-0.4, -0.2) is 28.6 Å². The fourth-order valence-electron chi connectivity index (χ4n) is 4.61. The van der Waals surface area contributed by atoms with E-state index in [1.54, 1.807) is 42.7 Å². The highest BCUT2D eigenvalue weighted by atomic mass is 16.3. The Morgan fingerprint density at radius 3 is 2.31 bits per heavy atom. The maximum atomic E-state index is 13.8. The summed E-state index contributed by atoms with van der Waals surface area (Å²) in [4.78, 5) is 46.2. The summed E-state index contributed by atoms with van der Waals surface area (Å²) in [5, 5.41) is 3.14. The molecule has 1 aliphatic rings. The van der Waals surface area contributed by atoms with E-state index >= 15 is 0 Å². The molecule has 3 aromatic rings. The van der Waals surface area contributed by atoms with Gasteiger partial charge in [-0.15, -0.1) is 0 Å². The van der Waals surface area contributed by atoms with Gasteiger partial charge in [-0.05, 0) is 54.2 Å². The van der Waals surface area contributed by atoms with E-state index in [-0.39, 0.29) is 23.1 Å². The number of nitrogens with one attached hydrogen (secondary N) is 1. The molecule has 7 heteroatoms. The number of nitrogens with zero attached hydrogens (tertiary/aromatic N) is 2. The van der Waals surface area contributed by atoms with Crippen LogP contribution in [0.3, 0.4) is 0 Å². The number of carbonyl (C=O) groups is 3. The molecule has 1 aliphatic carbocycles. The predicted octanol–water partition coefficient (Wildman–Crippen LogP) is 5.38. The largest absolute Gasteiger partial charge is 0.461 e. The second kappa shape index (κ2) is 10.9. The normalized spacial score (nSPS) is 15.2. The minimum absolute atomic E-state index is 0.0337. The summed E-state index contributed by atoms with van der Waals surface area (Å²) in [6.45, 7) is 6.30. The number of ketones is 1. The predicted molar refractivity (Wildman–Crippen MR) is 138 cm³/mol. The molecule has 4 rings (SSSR count). The lowest BCUT2D eigenvalue weighted by molar-refractivity contribution is -0.126. The van der Waals surface area contributed by atoms with Crippen molar-refractivity contribution in [2.24, 2.45) is 0 Å². The molecule has 0 saturated heterocycles. The molecule has 36 heavy (non-hydrogen) atoms. The van der Waals surface area contributed by atoms with E-state index < -0.39 is 17.7 Å². The van der Waals surface area contributed by atoms with Crippen LogP contribution in [-0.2, 0) is 15.0 Å². The molecule has 1 atom stereocenters. The third-order valence-electron chi connectivity index (χ3n) is 6.63. The van der Waals surface area contributed by atoms with Crippen LogP contribution in [0.25, 0.3) is 0 Å². The van der Waals surface area contributed by atoms with Crippen molar-refractivity contribution in [3.63, 3.8) is 0 Å². The monoisotopic (exact) mass is 487 g/mol. The second-order valence-electron chi connectivity index (χ2n) is 10.3. The van der Waals surface area contributed by atoms with E-state index in [1.807, 2.05) is 12.1 Å². The van der Waals surface area contributed by atoms with Crippen molar-refractivity contribution in [1.29, 1.82) is 0 Å². The lowest BCUT2D eigenvalue weighted by Gasteiger charge is -2.33. The minimum atomic E-state index is -1.08. The Kier molecular flexibility index (Phi) is 7.67.